The predicted molar refractivity (Wildman–Crippen MR) is 67.3 cm³/mol. The molecule has 0 amide bonds. The van der Waals surface area contributed by atoms with Crippen LogP contribution in [0, 0.1) is 5.41 Å². The van der Waals surface area contributed by atoms with Crippen molar-refractivity contribution < 1.29 is 14.3 Å². The summed E-state index contributed by atoms with van der Waals surface area (Å²) in [7, 11) is 1.43. The zero-order valence-corrected chi connectivity index (χ0v) is 10.2. The van der Waals surface area contributed by atoms with Crippen molar-refractivity contribution in [3.05, 3.63) is 36.0 Å². The van der Waals surface area contributed by atoms with Crippen LogP contribution in [0.2, 0.25) is 0 Å². The molecule has 0 radical (unpaired) electrons. The van der Waals surface area contributed by atoms with E-state index in [1.807, 2.05) is 24.4 Å². The highest BCUT2D eigenvalue weighted by atomic mass is 16.5. The van der Waals surface area contributed by atoms with Crippen LogP contribution in [-0.4, -0.2) is 31.3 Å². The van der Waals surface area contributed by atoms with Crippen LogP contribution >= 0.6 is 0 Å². The Labute approximate surface area is 105 Å². The maximum Gasteiger partial charge on any atom is 0.316 e. The molecule has 1 fully saturated rings. The summed E-state index contributed by atoms with van der Waals surface area (Å²) in [6, 6.07) is 8.08. The molecule has 0 atom stereocenters. The van der Waals surface area contributed by atoms with E-state index in [9.17, 15) is 4.79 Å². The Morgan fingerprint density at radius 1 is 1.44 bits per heavy atom. The minimum absolute atomic E-state index is 0.181. The zero-order valence-electron chi connectivity index (χ0n) is 10.2. The molecule has 3 rings (SSSR count). The Balaban J connectivity index is 1.94. The third-order valence-corrected chi connectivity index (χ3v) is 3.58. The number of aromatic nitrogens is 1. The van der Waals surface area contributed by atoms with Gasteiger partial charge in [0.05, 0.1) is 20.3 Å². The van der Waals surface area contributed by atoms with Crippen LogP contribution in [0.25, 0.3) is 10.9 Å². The van der Waals surface area contributed by atoms with Gasteiger partial charge in [-0.25, -0.2) is 0 Å². The molecule has 1 aromatic carbocycles. The Morgan fingerprint density at radius 2 is 2.22 bits per heavy atom. The Hall–Kier alpha value is -1.81. The second kappa shape index (κ2) is 4.14. The van der Waals surface area contributed by atoms with Gasteiger partial charge in [-0.1, -0.05) is 18.2 Å². The van der Waals surface area contributed by atoms with Gasteiger partial charge in [0.15, 0.2) is 0 Å². The number of ether oxygens (including phenoxy) is 2. The number of benzene rings is 1. The summed E-state index contributed by atoms with van der Waals surface area (Å²) in [5.41, 5.74) is 1.73. The van der Waals surface area contributed by atoms with E-state index >= 15 is 0 Å². The number of hydrogen-bond acceptors (Lipinski definition) is 3. The third-order valence-electron chi connectivity index (χ3n) is 3.58. The van der Waals surface area contributed by atoms with Crippen LogP contribution in [0.3, 0.4) is 0 Å². The smallest absolute Gasteiger partial charge is 0.316 e. The summed E-state index contributed by atoms with van der Waals surface area (Å²) in [6.45, 7) is 0.887. The van der Waals surface area contributed by atoms with Gasteiger partial charge in [0.2, 0.25) is 0 Å². The molecule has 0 bridgehead atoms. The zero-order chi connectivity index (χ0) is 12.6. The van der Waals surface area contributed by atoms with Crippen LogP contribution in [0.5, 0.6) is 0 Å². The number of aromatic amines is 1. The molecule has 1 aliphatic rings. The first-order chi connectivity index (χ1) is 8.75. The largest absolute Gasteiger partial charge is 0.468 e. The van der Waals surface area contributed by atoms with Gasteiger partial charge >= 0.3 is 5.97 Å². The summed E-state index contributed by atoms with van der Waals surface area (Å²) < 4.78 is 10.1. The first-order valence-electron chi connectivity index (χ1n) is 5.96. The van der Waals surface area contributed by atoms with E-state index in [1.165, 1.54) is 7.11 Å². The molecule has 0 saturated carbocycles. The van der Waals surface area contributed by atoms with Gasteiger partial charge < -0.3 is 14.5 Å². The van der Waals surface area contributed by atoms with Crippen molar-refractivity contribution in [3.63, 3.8) is 0 Å². The molecule has 4 nitrogen and oxygen atoms in total. The minimum Gasteiger partial charge on any atom is -0.468 e. The van der Waals surface area contributed by atoms with Gasteiger partial charge in [-0.15, -0.1) is 0 Å². The summed E-state index contributed by atoms with van der Waals surface area (Å²) in [5.74, 6) is -0.181. The number of fused-ring (bicyclic) bond motifs is 1. The highest BCUT2D eigenvalue weighted by Crippen LogP contribution is 2.35. The molecule has 94 valence electrons. The van der Waals surface area contributed by atoms with Crippen molar-refractivity contribution in [1.29, 1.82) is 0 Å². The van der Waals surface area contributed by atoms with Crippen LogP contribution in [-0.2, 0) is 20.7 Å². The Bertz CT molecular complexity index is 583. The van der Waals surface area contributed by atoms with Crippen LogP contribution in [0.1, 0.15) is 5.56 Å². The second-order valence-electron chi connectivity index (χ2n) is 4.80. The molecular weight excluding hydrogens is 230 g/mol. The molecule has 4 heteroatoms. The standard InChI is InChI=1S/C14H15NO3/c1-17-13(16)14(8-18-9-14)6-10-7-15-12-5-3-2-4-11(10)12/h2-5,7,15H,6,8-9H2,1H3. The number of esters is 1. The van der Waals surface area contributed by atoms with Gasteiger partial charge in [0.25, 0.3) is 0 Å². The van der Waals surface area contributed by atoms with Gasteiger partial charge in [0.1, 0.15) is 5.41 Å². The van der Waals surface area contributed by atoms with Crippen molar-refractivity contribution in [2.45, 2.75) is 6.42 Å². The van der Waals surface area contributed by atoms with Gasteiger partial charge in [-0.3, -0.25) is 4.79 Å². The molecule has 1 aliphatic heterocycles. The molecule has 2 aromatic rings. The van der Waals surface area contributed by atoms with Crippen molar-refractivity contribution in [1.82, 2.24) is 4.98 Å². The van der Waals surface area contributed by atoms with Crippen molar-refractivity contribution >= 4 is 16.9 Å². The molecule has 0 unspecified atom stereocenters. The number of carbonyl (C=O) groups excluding carboxylic acids is 1. The molecule has 2 heterocycles. The highest BCUT2D eigenvalue weighted by molar-refractivity contribution is 5.85. The second-order valence-corrected chi connectivity index (χ2v) is 4.80. The number of methoxy groups -OCH3 is 1. The average molecular weight is 245 g/mol. The first-order valence-corrected chi connectivity index (χ1v) is 5.96. The highest BCUT2D eigenvalue weighted by Gasteiger charge is 2.47. The molecule has 18 heavy (non-hydrogen) atoms. The molecule has 0 aliphatic carbocycles. The first kappa shape index (κ1) is 11.3. The molecule has 1 aromatic heterocycles. The van der Waals surface area contributed by atoms with E-state index in [4.69, 9.17) is 9.47 Å². The number of hydrogen-bond donors (Lipinski definition) is 1. The fourth-order valence-electron chi connectivity index (χ4n) is 2.50. The van der Waals surface area contributed by atoms with E-state index in [0.29, 0.717) is 19.6 Å². The molecular formula is C14H15NO3. The number of H-pyrrole nitrogens is 1. The van der Waals surface area contributed by atoms with Gasteiger partial charge in [-0.05, 0) is 18.1 Å². The number of carbonyl (C=O) groups is 1. The minimum atomic E-state index is -0.500. The van der Waals surface area contributed by atoms with E-state index in [2.05, 4.69) is 11.1 Å². The fourth-order valence-corrected chi connectivity index (χ4v) is 2.50. The van der Waals surface area contributed by atoms with Gasteiger partial charge in [-0.2, -0.15) is 0 Å². The Morgan fingerprint density at radius 3 is 2.89 bits per heavy atom. The third kappa shape index (κ3) is 1.61. The summed E-state index contributed by atoms with van der Waals surface area (Å²) in [6.07, 6.45) is 2.62. The molecule has 1 N–H and O–H groups in total. The predicted octanol–water partition coefficient (Wildman–Crippen LogP) is 1.90. The number of nitrogens with one attached hydrogen (secondary N) is 1. The summed E-state index contributed by atoms with van der Waals surface area (Å²) >= 11 is 0. The fraction of sp³-hybridized carbons (Fsp3) is 0.357. The maximum atomic E-state index is 11.9. The van der Waals surface area contributed by atoms with E-state index in [0.717, 1.165) is 16.5 Å². The topological polar surface area (TPSA) is 51.3 Å². The quantitative estimate of drug-likeness (QED) is 0.840. The SMILES string of the molecule is COC(=O)C1(Cc2c[nH]c3ccccc23)COC1. The number of para-hydroxylation sites is 1. The lowest BCUT2D eigenvalue weighted by atomic mass is 9.80. The van der Waals surface area contributed by atoms with Crippen molar-refractivity contribution in [3.8, 4) is 0 Å². The summed E-state index contributed by atoms with van der Waals surface area (Å²) in [5, 5.41) is 1.16. The average Bonchev–Trinajstić information content (AvgIpc) is 2.76. The van der Waals surface area contributed by atoms with Crippen molar-refractivity contribution in [2.75, 3.05) is 20.3 Å². The van der Waals surface area contributed by atoms with Crippen LogP contribution < -0.4 is 0 Å². The van der Waals surface area contributed by atoms with Gasteiger partial charge in [0, 0.05) is 17.1 Å². The number of rotatable bonds is 3. The lowest BCUT2D eigenvalue weighted by Crippen LogP contribution is -2.51. The van der Waals surface area contributed by atoms with Crippen LogP contribution in [0.15, 0.2) is 30.5 Å². The lowest BCUT2D eigenvalue weighted by molar-refractivity contribution is -0.182. The van der Waals surface area contributed by atoms with E-state index < -0.39 is 5.41 Å². The molecule has 1 saturated heterocycles. The lowest BCUT2D eigenvalue weighted by Gasteiger charge is -2.38. The maximum absolute atomic E-state index is 11.9. The van der Waals surface area contributed by atoms with Crippen molar-refractivity contribution in [2.24, 2.45) is 5.41 Å². The summed E-state index contributed by atoms with van der Waals surface area (Å²) in [4.78, 5) is 15.1. The van der Waals surface area contributed by atoms with E-state index in [1.54, 1.807) is 0 Å². The van der Waals surface area contributed by atoms with Crippen LogP contribution in [0.4, 0.5) is 0 Å². The molecule has 0 spiro atoms. The Kier molecular flexibility index (Phi) is 2.59. The van der Waals surface area contributed by atoms with E-state index in [-0.39, 0.29) is 5.97 Å². The monoisotopic (exact) mass is 245 g/mol. The normalized spacial score (nSPS) is 17.4.